The van der Waals surface area contributed by atoms with E-state index in [1.807, 2.05) is 6.92 Å². The summed E-state index contributed by atoms with van der Waals surface area (Å²) >= 11 is 5.96. The lowest BCUT2D eigenvalue weighted by molar-refractivity contribution is 0.0718. The van der Waals surface area contributed by atoms with Crippen LogP contribution in [0.1, 0.15) is 48.0 Å². The van der Waals surface area contributed by atoms with Crippen LogP contribution in [0.4, 0.5) is 0 Å². The van der Waals surface area contributed by atoms with Crippen LogP contribution in [0.2, 0.25) is 5.02 Å². The van der Waals surface area contributed by atoms with Crippen molar-refractivity contribution in [1.29, 1.82) is 0 Å². The number of rotatable bonds is 4. The van der Waals surface area contributed by atoms with Crippen molar-refractivity contribution < 1.29 is 9.90 Å². The highest BCUT2D eigenvalue weighted by Crippen LogP contribution is 2.35. The molecule has 1 aliphatic carbocycles. The molecule has 0 aromatic heterocycles. The van der Waals surface area contributed by atoms with Crippen LogP contribution in [0.25, 0.3) is 0 Å². The standard InChI is InChI=1S/C16H22ClNO2/c1-12-9-13(5-6-14(12)17)15(20)18-10-16(11-19)7-3-2-4-8-16/h5-6,9,19H,2-4,7-8,10-11H2,1H3,(H,18,20). The first kappa shape index (κ1) is 15.3. The van der Waals surface area contributed by atoms with Gasteiger partial charge in [-0.05, 0) is 43.5 Å². The molecule has 0 spiro atoms. The van der Waals surface area contributed by atoms with Crippen LogP contribution in [-0.2, 0) is 0 Å². The Labute approximate surface area is 125 Å². The van der Waals surface area contributed by atoms with Gasteiger partial charge in [0.05, 0.1) is 6.61 Å². The Balaban J connectivity index is 1.98. The number of nitrogens with one attached hydrogen (secondary N) is 1. The third-order valence-electron chi connectivity index (χ3n) is 4.29. The van der Waals surface area contributed by atoms with Gasteiger partial charge in [0.25, 0.3) is 5.91 Å². The Hall–Kier alpha value is -1.06. The minimum absolute atomic E-state index is 0.0943. The highest BCUT2D eigenvalue weighted by atomic mass is 35.5. The molecule has 1 saturated carbocycles. The van der Waals surface area contributed by atoms with Crippen LogP contribution in [0.15, 0.2) is 18.2 Å². The number of amides is 1. The van der Waals surface area contributed by atoms with E-state index in [9.17, 15) is 9.90 Å². The van der Waals surface area contributed by atoms with Gasteiger partial charge in [-0.2, -0.15) is 0 Å². The lowest BCUT2D eigenvalue weighted by atomic mass is 9.74. The van der Waals surface area contributed by atoms with Gasteiger partial charge in [0.15, 0.2) is 0 Å². The van der Waals surface area contributed by atoms with E-state index in [-0.39, 0.29) is 17.9 Å². The van der Waals surface area contributed by atoms with Crippen molar-refractivity contribution in [3.05, 3.63) is 34.3 Å². The third kappa shape index (κ3) is 3.53. The summed E-state index contributed by atoms with van der Waals surface area (Å²) in [4.78, 5) is 12.2. The normalized spacial score (nSPS) is 17.8. The van der Waals surface area contributed by atoms with Crippen LogP contribution in [0, 0.1) is 12.3 Å². The average Bonchev–Trinajstić information content (AvgIpc) is 2.48. The number of aryl methyl sites for hydroxylation is 1. The summed E-state index contributed by atoms with van der Waals surface area (Å²) in [6.07, 6.45) is 5.48. The molecule has 110 valence electrons. The predicted octanol–water partition coefficient (Wildman–Crippen LogP) is 3.32. The Kier molecular flexibility index (Phi) is 5.06. The maximum Gasteiger partial charge on any atom is 0.251 e. The van der Waals surface area contributed by atoms with E-state index >= 15 is 0 Å². The highest BCUT2D eigenvalue weighted by molar-refractivity contribution is 6.31. The van der Waals surface area contributed by atoms with Gasteiger partial charge in [0, 0.05) is 22.5 Å². The quantitative estimate of drug-likeness (QED) is 0.895. The molecule has 1 aliphatic rings. The molecule has 1 fully saturated rings. The molecule has 4 heteroatoms. The summed E-state index contributed by atoms with van der Waals surface area (Å²) in [5, 5.41) is 13.3. The summed E-state index contributed by atoms with van der Waals surface area (Å²) in [7, 11) is 0. The smallest absolute Gasteiger partial charge is 0.251 e. The van der Waals surface area contributed by atoms with Crippen molar-refractivity contribution in [3.8, 4) is 0 Å². The molecule has 1 aromatic carbocycles. The molecule has 3 nitrogen and oxygen atoms in total. The molecule has 2 N–H and O–H groups in total. The second kappa shape index (κ2) is 6.59. The highest BCUT2D eigenvalue weighted by Gasteiger charge is 2.31. The fourth-order valence-electron chi connectivity index (χ4n) is 2.85. The minimum atomic E-state index is -0.130. The van der Waals surface area contributed by atoms with Crippen molar-refractivity contribution in [3.63, 3.8) is 0 Å². The molecule has 2 rings (SSSR count). The lowest BCUT2D eigenvalue weighted by Crippen LogP contribution is -2.41. The van der Waals surface area contributed by atoms with Crippen LogP contribution >= 0.6 is 11.6 Å². The van der Waals surface area contributed by atoms with Crippen LogP contribution in [-0.4, -0.2) is 24.2 Å². The topological polar surface area (TPSA) is 49.3 Å². The Morgan fingerprint density at radius 2 is 2.05 bits per heavy atom. The molecule has 0 aliphatic heterocycles. The van der Waals surface area contributed by atoms with Gasteiger partial charge < -0.3 is 10.4 Å². The molecule has 0 radical (unpaired) electrons. The van der Waals surface area contributed by atoms with E-state index in [1.54, 1.807) is 18.2 Å². The third-order valence-corrected chi connectivity index (χ3v) is 4.72. The number of hydrogen-bond acceptors (Lipinski definition) is 2. The number of halogens is 1. The molecule has 0 heterocycles. The minimum Gasteiger partial charge on any atom is -0.396 e. The number of benzene rings is 1. The maximum atomic E-state index is 12.2. The Bertz CT molecular complexity index is 481. The molecular weight excluding hydrogens is 274 g/mol. The van der Waals surface area contributed by atoms with Gasteiger partial charge in [-0.1, -0.05) is 30.9 Å². The van der Waals surface area contributed by atoms with E-state index < -0.39 is 0 Å². The van der Waals surface area contributed by atoms with Crippen LogP contribution < -0.4 is 5.32 Å². The lowest BCUT2D eigenvalue weighted by Gasteiger charge is -2.35. The molecule has 0 atom stereocenters. The van der Waals surface area contributed by atoms with Gasteiger partial charge in [-0.3, -0.25) is 4.79 Å². The molecule has 1 aromatic rings. The first-order valence-electron chi connectivity index (χ1n) is 7.22. The van der Waals surface area contributed by atoms with E-state index in [1.165, 1.54) is 6.42 Å². The summed E-state index contributed by atoms with van der Waals surface area (Å²) in [5.74, 6) is -0.0943. The summed E-state index contributed by atoms with van der Waals surface area (Å²) in [5.41, 5.74) is 1.39. The summed E-state index contributed by atoms with van der Waals surface area (Å²) < 4.78 is 0. The monoisotopic (exact) mass is 295 g/mol. The Morgan fingerprint density at radius 1 is 1.35 bits per heavy atom. The van der Waals surface area contributed by atoms with Gasteiger partial charge in [-0.25, -0.2) is 0 Å². The molecule has 1 amide bonds. The molecule has 0 unspecified atom stereocenters. The number of carbonyl (C=O) groups excluding carboxylic acids is 1. The summed E-state index contributed by atoms with van der Waals surface area (Å²) in [6.45, 7) is 2.58. The van der Waals surface area contributed by atoms with Crippen molar-refractivity contribution >= 4 is 17.5 Å². The van der Waals surface area contributed by atoms with Crippen molar-refractivity contribution in [2.75, 3.05) is 13.2 Å². The van der Waals surface area contributed by atoms with Crippen molar-refractivity contribution in [2.45, 2.75) is 39.0 Å². The summed E-state index contributed by atoms with van der Waals surface area (Å²) in [6, 6.07) is 5.27. The zero-order chi connectivity index (χ0) is 14.6. The fraction of sp³-hybridized carbons (Fsp3) is 0.562. The second-order valence-corrected chi connectivity index (χ2v) is 6.27. The average molecular weight is 296 g/mol. The van der Waals surface area contributed by atoms with Crippen LogP contribution in [0.5, 0.6) is 0 Å². The predicted molar refractivity (Wildman–Crippen MR) is 81.1 cm³/mol. The molecule has 20 heavy (non-hydrogen) atoms. The second-order valence-electron chi connectivity index (χ2n) is 5.87. The first-order chi connectivity index (χ1) is 9.56. The van der Waals surface area contributed by atoms with E-state index in [2.05, 4.69) is 5.32 Å². The maximum absolute atomic E-state index is 12.2. The van der Waals surface area contributed by atoms with Gasteiger partial charge >= 0.3 is 0 Å². The number of carbonyl (C=O) groups is 1. The molecular formula is C16H22ClNO2. The van der Waals surface area contributed by atoms with Crippen LogP contribution in [0.3, 0.4) is 0 Å². The number of aliphatic hydroxyl groups is 1. The fourth-order valence-corrected chi connectivity index (χ4v) is 2.97. The zero-order valence-electron chi connectivity index (χ0n) is 11.9. The van der Waals surface area contributed by atoms with Crippen molar-refractivity contribution in [1.82, 2.24) is 5.32 Å². The van der Waals surface area contributed by atoms with E-state index in [0.717, 1.165) is 31.2 Å². The first-order valence-corrected chi connectivity index (χ1v) is 7.59. The zero-order valence-corrected chi connectivity index (χ0v) is 12.7. The van der Waals surface area contributed by atoms with Gasteiger partial charge in [0.1, 0.15) is 0 Å². The van der Waals surface area contributed by atoms with Crippen molar-refractivity contribution in [2.24, 2.45) is 5.41 Å². The SMILES string of the molecule is Cc1cc(C(=O)NCC2(CO)CCCCC2)ccc1Cl. The largest absolute Gasteiger partial charge is 0.396 e. The van der Waals surface area contributed by atoms with Gasteiger partial charge in [0.2, 0.25) is 0 Å². The number of aliphatic hydroxyl groups excluding tert-OH is 1. The van der Waals surface area contributed by atoms with Gasteiger partial charge in [-0.15, -0.1) is 0 Å². The number of hydrogen-bond donors (Lipinski definition) is 2. The Morgan fingerprint density at radius 3 is 2.65 bits per heavy atom. The molecule has 0 saturated heterocycles. The van der Waals surface area contributed by atoms with E-state index in [0.29, 0.717) is 17.1 Å². The molecule has 0 bridgehead atoms. The van der Waals surface area contributed by atoms with E-state index in [4.69, 9.17) is 11.6 Å².